The summed E-state index contributed by atoms with van der Waals surface area (Å²) >= 11 is 0. The Labute approximate surface area is 196 Å². The Morgan fingerprint density at radius 3 is 2.36 bits per heavy atom. The SMILES string of the molecule is CCOc1ccc(C(=O)NCc2cc(CC(OC(C)C)C(=O)O)ccc2OC)c(C(C)C)c1. The minimum atomic E-state index is -1.01. The normalized spacial score (nSPS) is 12.0. The monoisotopic (exact) mass is 457 g/mol. The number of carboxylic acid groups (broad SMARTS) is 1. The number of carbonyl (C=O) groups is 2. The highest BCUT2D eigenvalue weighted by Gasteiger charge is 2.21. The van der Waals surface area contributed by atoms with Crippen LogP contribution in [-0.4, -0.2) is 42.9 Å². The van der Waals surface area contributed by atoms with Gasteiger partial charge in [-0.25, -0.2) is 4.79 Å². The Balaban J connectivity index is 2.21. The number of hydrogen-bond donors (Lipinski definition) is 2. The van der Waals surface area contributed by atoms with Gasteiger partial charge in [-0.3, -0.25) is 4.79 Å². The molecule has 2 aromatic carbocycles. The summed E-state index contributed by atoms with van der Waals surface area (Å²) in [6, 6.07) is 10.9. The molecule has 1 atom stereocenters. The summed E-state index contributed by atoms with van der Waals surface area (Å²) in [6.45, 7) is 10.4. The van der Waals surface area contributed by atoms with Crippen LogP contribution >= 0.6 is 0 Å². The Morgan fingerprint density at radius 1 is 1.06 bits per heavy atom. The molecule has 0 saturated carbocycles. The van der Waals surface area contributed by atoms with Crippen LogP contribution in [0.2, 0.25) is 0 Å². The van der Waals surface area contributed by atoms with Gasteiger partial charge in [0.15, 0.2) is 6.10 Å². The van der Waals surface area contributed by atoms with Gasteiger partial charge in [0, 0.05) is 24.1 Å². The number of benzene rings is 2. The van der Waals surface area contributed by atoms with Crippen molar-refractivity contribution in [2.75, 3.05) is 13.7 Å². The fraction of sp³-hybridized carbons (Fsp3) is 0.462. The summed E-state index contributed by atoms with van der Waals surface area (Å²) in [5, 5.41) is 12.4. The standard InChI is InChI=1S/C26H35NO6/c1-7-32-20-9-10-21(22(14-20)16(2)3)25(28)27-15-19-12-18(8-11-23(19)31-6)13-24(26(29)30)33-17(4)5/h8-12,14,16-17,24H,7,13,15H2,1-6H3,(H,27,28)(H,29,30). The lowest BCUT2D eigenvalue weighted by atomic mass is 9.96. The van der Waals surface area contributed by atoms with E-state index in [1.54, 1.807) is 39.2 Å². The molecule has 0 bridgehead atoms. The first-order chi connectivity index (χ1) is 15.7. The molecule has 2 aromatic rings. The van der Waals surface area contributed by atoms with Crippen molar-refractivity contribution >= 4 is 11.9 Å². The molecular formula is C26H35NO6. The first-order valence-electron chi connectivity index (χ1n) is 11.2. The van der Waals surface area contributed by atoms with E-state index in [0.717, 1.165) is 22.4 Å². The third-order valence-corrected chi connectivity index (χ3v) is 5.12. The Bertz CT molecular complexity index is 954. The fourth-order valence-corrected chi connectivity index (χ4v) is 3.59. The second kappa shape index (κ2) is 12.3. The quantitative estimate of drug-likeness (QED) is 0.485. The van der Waals surface area contributed by atoms with E-state index in [2.05, 4.69) is 5.32 Å². The van der Waals surface area contributed by atoms with Crippen LogP contribution in [0.25, 0.3) is 0 Å². The van der Waals surface area contributed by atoms with E-state index < -0.39 is 12.1 Å². The lowest BCUT2D eigenvalue weighted by molar-refractivity contribution is -0.153. The van der Waals surface area contributed by atoms with Crippen molar-refractivity contribution in [1.82, 2.24) is 5.32 Å². The van der Waals surface area contributed by atoms with Crippen molar-refractivity contribution < 1.29 is 28.9 Å². The number of carboxylic acids is 1. The van der Waals surface area contributed by atoms with E-state index in [1.807, 2.05) is 39.0 Å². The second-order valence-electron chi connectivity index (χ2n) is 8.38. The Morgan fingerprint density at radius 2 is 1.79 bits per heavy atom. The Hall–Kier alpha value is -3.06. The number of methoxy groups -OCH3 is 1. The number of amides is 1. The van der Waals surface area contributed by atoms with Crippen LogP contribution in [0.3, 0.4) is 0 Å². The molecular weight excluding hydrogens is 422 g/mol. The summed E-state index contributed by atoms with van der Waals surface area (Å²) in [6.07, 6.45) is -0.930. The van der Waals surface area contributed by atoms with Crippen LogP contribution in [0, 0.1) is 0 Å². The van der Waals surface area contributed by atoms with Gasteiger partial charge in [0.2, 0.25) is 0 Å². The maximum atomic E-state index is 13.0. The summed E-state index contributed by atoms with van der Waals surface area (Å²) in [5.74, 6) is 0.306. The van der Waals surface area contributed by atoms with E-state index in [0.29, 0.717) is 17.9 Å². The lowest BCUT2D eigenvalue weighted by Gasteiger charge is -2.18. The first kappa shape index (κ1) is 26.2. The Kier molecular flexibility index (Phi) is 9.73. The molecule has 0 spiro atoms. The van der Waals surface area contributed by atoms with Gasteiger partial charge in [-0.1, -0.05) is 26.0 Å². The summed E-state index contributed by atoms with van der Waals surface area (Å²) < 4.78 is 16.5. The number of hydrogen-bond acceptors (Lipinski definition) is 5. The molecule has 0 saturated heterocycles. The lowest BCUT2D eigenvalue weighted by Crippen LogP contribution is -2.29. The number of nitrogens with one attached hydrogen (secondary N) is 1. The maximum absolute atomic E-state index is 13.0. The van der Waals surface area contributed by atoms with Gasteiger partial charge in [0.05, 0.1) is 19.8 Å². The largest absolute Gasteiger partial charge is 0.496 e. The molecule has 0 radical (unpaired) electrons. The van der Waals surface area contributed by atoms with E-state index in [4.69, 9.17) is 14.2 Å². The smallest absolute Gasteiger partial charge is 0.333 e. The van der Waals surface area contributed by atoms with Crippen molar-refractivity contribution in [2.45, 2.75) is 65.7 Å². The van der Waals surface area contributed by atoms with Crippen LogP contribution < -0.4 is 14.8 Å². The number of rotatable bonds is 12. The van der Waals surface area contributed by atoms with Crippen LogP contribution in [0.15, 0.2) is 36.4 Å². The van der Waals surface area contributed by atoms with Gasteiger partial charge in [0.1, 0.15) is 11.5 Å². The van der Waals surface area contributed by atoms with E-state index in [9.17, 15) is 14.7 Å². The fourth-order valence-electron chi connectivity index (χ4n) is 3.59. The first-order valence-corrected chi connectivity index (χ1v) is 11.2. The van der Waals surface area contributed by atoms with Gasteiger partial charge < -0.3 is 24.6 Å². The molecule has 0 fully saturated rings. The highest BCUT2D eigenvalue weighted by molar-refractivity contribution is 5.96. The molecule has 2 rings (SSSR count). The summed E-state index contributed by atoms with van der Waals surface area (Å²) in [4.78, 5) is 24.6. The third kappa shape index (κ3) is 7.49. The van der Waals surface area contributed by atoms with Gasteiger partial charge in [-0.15, -0.1) is 0 Å². The predicted molar refractivity (Wildman–Crippen MR) is 127 cm³/mol. The minimum Gasteiger partial charge on any atom is -0.496 e. The highest BCUT2D eigenvalue weighted by atomic mass is 16.5. The molecule has 0 heterocycles. The van der Waals surface area contributed by atoms with Crippen LogP contribution in [0.4, 0.5) is 0 Å². The topological polar surface area (TPSA) is 94.1 Å². The molecule has 0 aliphatic rings. The van der Waals surface area contributed by atoms with Crippen molar-refractivity contribution in [2.24, 2.45) is 0 Å². The molecule has 1 amide bonds. The minimum absolute atomic E-state index is 0.151. The van der Waals surface area contributed by atoms with E-state index >= 15 is 0 Å². The molecule has 0 aliphatic heterocycles. The predicted octanol–water partition coefficient (Wildman–Crippen LogP) is 4.57. The third-order valence-electron chi connectivity index (χ3n) is 5.12. The average Bonchev–Trinajstić information content (AvgIpc) is 2.76. The molecule has 0 aromatic heterocycles. The number of aliphatic carboxylic acids is 1. The molecule has 7 heteroatoms. The maximum Gasteiger partial charge on any atom is 0.333 e. The molecule has 180 valence electrons. The van der Waals surface area contributed by atoms with E-state index in [-0.39, 0.29) is 30.9 Å². The van der Waals surface area contributed by atoms with Crippen LogP contribution in [0.5, 0.6) is 11.5 Å². The number of ether oxygens (including phenoxy) is 3. The van der Waals surface area contributed by atoms with Gasteiger partial charge in [0.25, 0.3) is 5.91 Å². The van der Waals surface area contributed by atoms with Crippen molar-refractivity contribution in [3.05, 3.63) is 58.7 Å². The summed E-state index contributed by atoms with van der Waals surface area (Å²) in [7, 11) is 1.56. The van der Waals surface area contributed by atoms with Crippen molar-refractivity contribution in [3.63, 3.8) is 0 Å². The van der Waals surface area contributed by atoms with Crippen LogP contribution in [-0.2, 0) is 22.5 Å². The molecule has 7 nitrogen and oxygen atoms in total. The number of carbonyl (C=O) groups excluding carboxylic acids is 1. The van der Waals surface area contributed by atoms with Gasteiger partial charge >= 0.3 is 5.97 Å². The molecule has 1 unspecified atom stereocenters. The van der Waals surface area contributed by atoms with Crippen molar-refractivity contribution in [3.8, 4) is 11.5 Å². The second-order valence-corrected chi connectivity index (χ2v) is 8.38. The van der Waals surface area contributed by atoms with E-state index in [1.165, 1.54) is 0 Å². The zero-order valence-corrected chi connectivity index (χ0v) is 20.3. The van der Waals surface area contributed by atoms with Crippen LogP contribution in [0.1, 0.15) is 67.6 Å². The molecule has 0 aliphatic carbocycles. The highest BCUT2D eigenvalue weighted by Crippen LogP contribution is 2.26. The zero-order chi connectivity index (χ0) is 24.5. The van der Waals surface area contributed by atoms with Gasteiger partial charge in [-0.05, 0) is 62.1 Å². The average molecular weight is 458 g/mol. The molecule has 33 heavy (non-hydrogen) atoms. The van der Waals surface area contributed by atoms with Crippen molar-refractivity contribution in [1.29, 1.82) is 0 Å². The summed E-state index contributed by atoms with van der Waals surface area (Å²) in [5.41, 5.74) is 3.06. The molecule has 2 N–H and O–H groups in total. The zero-order valence-electron chi connectivity index (χ0n) is 20.3. The van der Waals surface area contributed by atoms with Gasteiger partial charge in [-0.2, -0.15) is 0 Å².